The molecule has 1 amide bonds. The van der Waals surface area contributed by atoms with Gasteiger partial charge >= 0.3 is 5.69 Å². The largest absolute Gasteiger partial charge is 0.492 e. The highest BCUT2D eigenvalue weighted by atomic mass is 79.9. The summed E-state index contributed by atoms with van der Waals surface area (Å²) in [6, 6.07) is 6.90. The number of benzene rings is 1. The van der Waals surface area contributed by atoms with Gasteiger partial charge in [-0.25, -0.2) is 9.78 Å². The van der Waals surface area contributed by atoms with Crippen LogP contribution >= 0.6 is 27.5 Å². The minimum Gasteiger partial charge on any atom is -0.492 e. The number of nitrogens with zero attached hydrogens (tertiary/aromatic N) is 4. The monoisotopic (exact) mass is 469 g/mol. The van der Waals surface area contributed by atoms with Gasteiger partial charge in [-0.15, -0.1) is 0 Å². The Morgan fingerprint density at radius 2 is 1.89 bits per heavy atom. The second kappa shape index (κ2) is 8.19. The average molecular weight is 471 g/mol. The van der Waals surface area contributed by atoms with Crippen LogP contribution in [0.15, 0.2) is 38.6 Å². The van der Waals surface area contributed by atoms with E-state index in [1.54, 1.807) is 24.3 Å². The summed E-state index contributed by atoms with van der Waals surface area (Å²) < 4.78 is 9.52. The standard InChI is InChI=1S/C17H17BrClN5O4/c1-22-14-13(15(26)23(2)17(22)27)21-16(18)24(14)9-12(25)20-7-8-28-11-5-3-10(19)4-6-11/h3-6H,7-9H2,1-2H3,(H,20,25). The van der Waals surface area contributed by atoms with E-state index in [4.69, 9.17) is 16.3 Å². The molecule has 0 unspecified atom stereocenters. The minimum atomic E-state index is -0.519. The molecule has 0 aliphatic carbocycles. The number of ether oxygens (including phenoxy) is 1. The van der Waals surface area contributed by atoms with E-state index in [9.17, 15) is 14.4 Å². The molecule has 0 bridgehead atoms. The highest BCUT2D eigenvalue weighted by Gasteiger charge is 2.19. The summed E-state index contributed by atoms with van der Waals surface area (Å²) in [5.41, 5.74) is -0.639. The lowest BCUT2D eigenvalue weighted by atomic mass is 10.3. The molecule has 0 aliphatic heterocycles. The van der Waals surface area contributed by atoms with Gasteiger partial charge in [0.05, 0.1) is 6.54 Å². The minimum absolute atomic E-state index is 0.107. The fourth-order valence-corrected chi connectivity index (χ4v) is 3.29. The molecule has 1 aromatic carbocycles. The Morgan fingerprint density at radius 3 is 2.57 bits per heavy atom. The molecule has 9 nitrogen and oxygen atoms in total. The molecule has 2 heterocycles. The van der Waals surface area contributed by atoms with E-state index in [1.165, 1.54) is 23.2 Å². The van der Waals surface area contributed by atoms with Gasteiger partial charge in [0, 0.05) is 19.1 Å². The number of aromatic nitrogens is 4. The molecule has 11 heteroatoms. The summed E-state index contributed by atoms with van der Waals surface area (Å²) in [7, 11) is 2.90. The van der Waals surface area contributed by atoms with Crippen molar-refractivity contribution in [2.45, 2.75) is 6.54 Å². The molecule has 0 spiro atoms. The quantitative estimate of drug-likeness (QED) is 0.429. The van der Waals surface area contributed by atoms with E-state index in [0.717, 1.165) is 4.57 Å². The van der Waals surface area contributed by atoms with Crippen molar-refractivity contribution in [3.05, 3.63) is 54.9 Å². The van der Waals surface area contributed by atoms with E-state index >= 15 is 0 Å². The van der Waals surface area contributed by atoms with Crippen molar-refractivity contribution < 1.29 is 9.53 Å². The Hall–Kier alpha value is -2.59. The maximum Gasteiger partial charge on any atom is 0.332 e. The third-order valence-corrected chi connectivity index (χ3v) is 4.96. The van der Waals surface area contributed by atoms with Crippen molar-refractivity contribution in [1.29, 1.82) is 0 Å². The number of nitrogens with one attached hydrogen (secondary N) is 1. The van der Waals surface area contributed by atoms with Crippen molar-refractivity contribution in [2.75, 3.05) is 13.2 Å². The molecule has 0 fully saturated rings. The van der Waals surface area contributed by atoms with Crippen LogP contribution in [0.2, 0.25) is 5.02 Å². The number of carbonyl (C=O) groups is 1. The summed E-state index contributed by atoms with van der Waals surface area (Å²) in [6.07, 6.45) is 0. The molecule has 0 saturated carbocycles. The SMILES string of the molecule is Cn1c(=O)c2nc(Br)n(CC(=O)NCCOc3ccc(Cl)cc3)c2n(C)c1=O. The number of amides is 1. The molecular weight excluding hydrogens is 454 g/mol. The van der Waals surface area contributed by atoms with Gasteiger partial charge in [-0.1, -0.05) is 11.6 Å². The van der Waals surface area contributed by atoms with Crippen LogP contribution < -0.4 is 21.3 Å². The lowest BCUT2D eigenvalue weighted by molar-refractivity contribution is -0.121. The number of carbonyl (C=O) groups excluding carboxylic acids is 1. The number of fused-ring (bicyclic) bond motifs is 1. The van der Waals surface area contributed by atoms with E-state index in [-0.39, 0.29) is 41.5 Å². The van der Waals surface area contributed by atoms with Crippen LogP contribution in [0.5, 0.6) is 5.75 Å². The van der Waals surface area contributed by atoms with E-state index in [2.05, 4.69) is 26.2 Å². The van der Waals surface area contributed by atoms with Gasteiger partial charge in [0.1, 0.15) is 18.9 Å². The predicted octanol–water partition coefficient (Wildman–Crippen LogP) is 1.04. The van der Waals surface area contributed by atoms with Gasteiger partial charge in [-0.3, -0.25) is 23.3 Å². The Balaban J connectivity index is 1.68. The molecule has 28 heavy (non-hydrogen) atoms. The zero-order chi connectivity index (χ0) is 20.4. The lowest BCUT2D eigenvalue weighted by Crippen LogP contribution is -2.38. The normalized spacial score (nSPS) is 11.0. The third-order valence-electron chi connectivity index (χ3n) is 4.10. The van der Waals surface area contributed by atoms with Crippen molar-refractivity contribution in [1.82, 2.24) is 24.0 Å². The topological polar surface area (TPSA) is 100 Å². The molecule has 3 aromatic rings. The van der Waals surface area contributed by atoms with Crippen LogP contribution in [0.4, 0.5) is 0 Å². The van der Waals surface area contributed by atoms with Gasteiger partial charge in [0.25, 0.3) is 5.56 Å². The Morgan fingerprint density at radius 1 is 1.21 bits per heavy atom. The van der Waals surface area contributed by atoms with Crippen molar-refractivity contribution in [2.24, 2.45) is 14.1 Å². The van der Waals surface area contributed by atoms with Crippen LogP contribution in [0.1, 0.15) is 0 Å². The Labute approximate surface area is 172 Å². The highest BCUT2D eigenvalue weighted by Crippen LogP contribution is 2.16. The molecule has 3 rings (SSSR count). The van der Waals surface area contributed by atoms with Crippen LogP contribution in [-0.4, -0.2) is 37.7 Å². The first-order valence-electron chi connectivity index (χ1n) is 8.26. The molecular formula is C17H17BrClN5O4. The first kappa shape index (κ1) is 20.2. The van der Waals surface area contributed by atoms with Gasteiger partial charge < -0.3 is 10.1 Å². The first-order valence-corrected chi connectivity index (χ1v) is 9.43. The fraction of sp³-hybridized carbons (Fsp3) is 0.294. The molecule has 0 radical (unpaired) electrons. The summed E-state index contributed by atoms with van der Waals surface area (Å²) in [5.74, 6) is 0.334. The molecule has 2 aromatic heterocycles. The second-order valence-electron chi connectivity index (χ2n) is 6.00. The number of hydrogen-bond donors (Lipinski definition) is 1. The molecule has 0 saturated heterocycles. The van der Waals surface area contributed by atoms with Gasteiger partial charge in [-0.05, 0) is 40.2 Å². The Bertz CT molecular complexity index is 1150. The molecule has 1 N–H and O–H groups in total. The van der Waals surface area contributed by atoms with E-state index in [1.807, 2.05) is 0 Å². The molecule has 148 valence electrons. The van der Waals surface area contributed by atoms with E-state index in [0.29, 0.717) is 10.8 Å². The van der Waals surface area contributed by atoms with Crippen molar-refractivity contribution in [3.8, 4) is 5.75 Å². The second-order valence-corrected chi connectivity index (χ2v) is 7.14. The van der Waals surface area contributed by atoms with Gasteiger partial charge in [-0.2, -0.15) is 0 Å². The first-order chi connectivity index (χ1) is 13.3. The summed E-state index contributed by atoms with van der Waals surface area (Å²) in [4.78, 5) is 40.8. The van der Waals surface area contributed by atoms with Crippen molar-refractivity contribution >= 4 is 44.6 Å². The number of rotatable bonds is 6. The lowest BCUT2D eigenvalue weighted by Gasteiger charge is -2.11. The third kappa shape index (κ3) is 3.97. The summed E-state index contributed by atoms with van der Waals surface area (Å²) >= 11 is 9.06. The zero-order valence-electron chi connectivity index (χ0n) is 15.1. The number of hydrogen-bond acceptors (Lipinski definition) is 5. The highest BCUT2D eigenvalue weighted by molar-refractivity contribution is 9.10. The average Bonchev–Trinajstić information content (AvgIpc) is 2.99. The maximum atomic E-state index is 12.3. The summed E-state index contributed by atoms with van der Waals surface area (Å²) in [6.45, 7) is 0.448. The van der Waals surface area contributed by atoms with Crippen LogP contribution in [0, 0.1) is 0 Å². The van der Waals surface area contributed by atoms with Crippen LogP contribution in [-0.2, 0) is 25.4 Å². The van der Waals surface area contributed by atoms with Crippen molar-refractivity contribution in [3.63, 3.8) is 0 Å². The van der Waals surface area contributed by atoms with Gasteiger partial charge in [0.15, 0.2) is 15.9 Å². The maximum absolute atomic E-state index is 12.3. The molecule has 0 atom stereocenters. The molecule has 0 aliphatic rings. The number of halogens is 2. The summed E-state index contributed by atoms with van der Waals surface area (Å²) in [5, 5.41) is 3.34. The predicted molar refractivity (Wildman–Crippen MR) is 108 cm³/mol. The zero-order valence-corrected chi connectivity index (χ0v) is 17.5. The van der Waals surface area contributed by atoms with Gasteiger partial charge in [0.2, 0.25) is 5.91 Å². The number of imidazole rings is 1. The van der Waals surface area contributed by atoms with E-state index < -0.39 is 11.2 Å². The fourth-order valence-electron chi connectivity index (χ4n) is 2.69. The Kier molecular flexibility index (Phi) is 5.90. The smallest absolute Gasteiger partial charge is 0.332 e. The van der Waals surface area contributed by atoms with Crippen LogP contribution in [0.25, 0.3) is 11.2 Å². The van der Waals surface area contributed by atoms with Crippen LogP contribution in [0.3, 0.4) is 0 Å². The number of aryl methyl sites for hydroxylation is 1.